The fourth-order valence-electron chi connectivity index (χ4n) is 1.05. The topological polar surface area (TPSA) is 96.2 Å². The molecule has 0 bridgehead atoms. The van der Waals surface area contributed by atoms with Crippen molar-refractivity contribution in [2.45, 2.75) is 19.1 Å². The zero-order valence-corrected chi connectivity index (χ0v) is 7.64. The van der Waals surface area contributed by atoms with E-state index < -0.39 is 29.7 Å². The van der Waals surface area contributed by atoms with Crippen LogP contribution in [0, 0.1) is 0 Å². The maximum atomic E-state index is 10.7. The lowest BCUT2D eigenvalue weighted by molar-refractivity contribution is -0.148. The minimum Gasteiger partial charge on any atom is -0.505 e. The van der Waals surface area contributed by atoms with Crippen LogP contribution >= 0.6 is 0 Å². The van der Waals surface area contributed by atoms with Gasteiger partial charge in [-0.3, -0.25) is 0 Å². The second kappa shape index (κ2) is 4.30. The first kappa shape index (κ1) is 10.8. The fraction of sp³-hybridized carbons (Fsp3) is 0.625. The van der Waals surface area contributed by atoms with Gasteiger partial charge in [0.15, 0.2) is 11.9 Å². The summed E-state index contributed by atoms with van der Waals surface area (Å²) in [6.07, 6.45) is -2.41. The Hall–Kier alpha value is -1.27. The van der Waals surface area contributed by atoms with Gasteiger partial charge in [-0.05, 0) is 6.92 Å². The maximum absolute atomic E-state index is 10.7. The van der Waals surface area contributed by atoms with Crippen molar-refractivity contribution in [2.24, 2.45) is 0 Å². The molecule has 0 saturated heterocycles. The number of hydrogen-bond acceptors (Lipinski definition) is 6. The Labute approximate surface area is 80.4 Å². The molecule has 0 radical (unpaired) electrons. The number of aliphatic hydroxyl groups is 3. The molecule has 0 spiro atoms. The Bertz CT molecular complexity index is 259. The standard InChI is InChI=1S/C8H12O6/c1-2-13-3-4(9)7-5(10)6(11)8(12)14-7/h4,7,9-11H,2-3H2,1H3/t4-,7+/m0/s1. The molecule has 1 heterocycles. The van der Waals surface area contributed by atoms with E-state index in [0.29, 0.717) is 6.61 Å². The van der Waals surface area contributed by atoms with Crippen LogP contribution in [0.5, 0.6) is 0 Å². The molecule has 0 amide bonds. The molecule has 0 aliphatic carbocycles. The van der Waals surface area contributed by atoms with E-state index in [4.69, 9.17) is 14.9 Å². The van der Waals surface area contributed by atoms with Crippen LogP contribution in [0.25, 0.3) is 0 Å². The molecule has 3 N–H and O–H groups in total. The van der Waals surface area contributed by atoms with Crippen molar-refractivity contribution in [1.82, 2.24) is 0 Å². The van der Waals surface area contributed by atoms with Crippen molar-refractivity contribution in [3.05, 3.63) is 11.5 Å². The van der Waals surface area contributed by atoms with Crippen LogP contribution in [0.3, 0.4) is 0 Å². The quantitative estimate of drug-likeness (QED) is 0.541. The van der Waals surface area contributed by atoms with Gasteiger partial charge >= 0.3 is 5.97 Å². The fourth-order valence-corrected chi connectivity index (χ4v) is 1.05. The van der Waals surface area contributed by atoms with E-state index in [1.165, 1.54) is 0 Å². The predicted molar refractivity (Wildman–Crippen MR) is 44.7 cm³/mol. The summed E-state index contributed by atoms with van der Waals surface area (Å²) >= 11 is 0. The molecule has 14 heavy (non-hydrogen) atoms. The lowest BCUT2D eigenvalue weighted by Gasteiger charge is -2.16. The van der Waals surface area contributed by atoms with Gasteiger partial charge in [0, 0.05) is 6.61 Å². The second-order valence-electron chi connectivity index (χ2n) is 2.79. The van der Waals surface area contributed by atoms with Gasteiger partial charge in [0.1, 0.15) is 6.10 Å². The second-order valence-corrected chi connectivity index (χ2v) is 2.79. The summed E-state index contributed by atoms with van der Waals surface area (Å²) in [7, 11) is 0. The summed E-state index contributed by atoms with van der Waals surface area (Å²) in [5.41, 5.74) is 0. The first-order valence-electron chi connectivity index (χ1n) is 4.16. The largest absolute Gasteiger partial charge is 0.505 e. The van der Waals surface area contributed by atoms with Gasteiger partial charge in [0.05, 0.1) is 6.61 Å². The van der Waals surface area contributed by atoms with Gasteiger partial charge in [-0.1, -0.05) is 0 Å². The van der Waals surface area contributed by atoms with E-state index in [9.17, 15) is 9.90 Å². The van der Waals surface area contributed by atoms with E-state index in [1.807, 2.05) is 0 Å². The smallest absolute Gasteiger partial charge is 0.377 e. The third-order valence-electron chi connectivity index (χ3n) is 1.78. The van der Waals surface area contributed by atoms with Crippen molar-refractivity contribution >= 4 is 5.97 Å². The molecule has 1 aliphatic rings. The van der Waals surface area contributed by atoms with E-state index in [-0.39, 0.29) is 6.61 Å². The van der Waals surface area contributed by atoms with E-state index in [1.54, 1.807) is 6.92 Å². The average Bonchev–Trinajstić information content (AvgIpc) is 2.42. The van der Waals surface area contributed by atoms with E-state index >= 15 is 0 Å². The lowest BCUT2D eigenvalue weighted by atomic mass is 10.2. The number of aliphatic hydroxyl groups excluding tert-OH is 3. The number of hydrogen-bond donors (Lipinski definition) is 3. The summed E-state index contributed by atoms with van der Waals surface area (Å²) in [4.78, 5) is 10.7. The van der Waals surface area contributed by atoms with Crippen LogP contribution in [-0.4, -0.2) is 46.7 Å². The van der Waals surface area contributed by atoms with Crippen LogP contribution in [0.15, 0.2) is 11.5 Å². The van der Waals surface area contributed by atoms with Crippen LogP contribution in [0.1, 0.15) is 6.92 Å². The van der Waals surface area contributed by atoms with E-state index in [2.05, 4.69) is 4.74 Å². The van der Waals surface area contributed by atoms with Crippen molar-refractivity contribution in [1.29, 1.82) is 0 Å². The molecule has 0 aromatic rings. The molecule has 1 aliphatic heterocycles. The van der Waals surface area contributed by atoms with Crippen LogP contribution in [0.4, 0.5) is 0 Å². The summed E-state index contributed by atoms with van der Waals surface area (Å²) in [6, 6.07) is 0. The van der Waals surface area contributed by atoms with Gasteiger partial charge in [0.2, 0.25) is 5.76 Å². The molecule has 80 valence electrons. The van der Waals surface area contributed by atoms with Crippen molar-refractivity contribution in [3.8, 4) is 0 Å². The summed E-state index contributed by atoms with van der Waals surface area (Å²) in [6.45, 7) is 2.06. The molecular weight excluding hydrogens is 192 g/mol. The van der Waals surface area contributed by atoms with Gasteiger partial charge in [-0.15, -0.1) is 0 Å². The highest BCUT2D eigenvalue weighted by molar-refractivity contribution is 5.89. The molecule has 0 saturated carbocycles. The van der Waals surface area contributed by atoms with Gasteiger partial charge in [-0.2, -0.15) is 0 Å². The molecule has 6 heteroatoms. The molecule has 0 fully saturated rings. The molecule has 1 rings (SSSR count). The monoisotopic (exact) mass is 204 g/mol. The number of carbonyl (C=O) groups excluding carboxylic acids is 1. The SMILES string of the molecule is CCOC[C@H](O)[C@H]1OC(=O)C(O)=C1O. The summed E-state index contributed by atoms with van der Waals surface area (Å²) in [5, 5.41) is 27.5. The molecule has 6 nitrogen and oxygen atoms in total. The minimum atomic E-state index is -1.23. The minimum absolute atomic E-state index is 0.0776. The maximum Gasteiger partial charge on any atom is 0.377 e. The van der Waals surface area contributed by atoms with E-state index in [0.717, 1.165) is 0 Å². The molecular formula is C8H12O6. The number of ether oxygens (including phenoxy) is 2. The normalized spacial score (nSPS) is 23.9. The van der Waals surface area contributed by atoms with Gasteiger partial charge in [0.25, 0.3) is 0 Å². The molecule has 0 aromatic carbocycles. The zero-order chi connectivity index (χ0) is 10.7. The number of carbonyl (C=O) groups is 1. The Morgan fingerprint density at radius 3 is 2.64 bits per heavy atom. The third-order valence-corrected chi connectivity index (χ3v) is 1.78. The Morgan fingerprint density at radius 2 is 2.21 bits per heavy atom. The van der Waals surface area contributed by atoms with Crippen LogP contribution in [0.2, 0.25) is 0 Å². The lowest BCUT2D eigenvalue weighted by Crippen LogP contribution is -2.32. The highest BCUT2D eigenvalue weighted by Gasteiger charge is 2.39. The van der Waals surface area contributed by atoms with Crippen LogP contribution < -0.4 is 0 Å². The number of esters is 1. The Morgan fingerprint density at radius 1 is 1.57 bits per heavy atom. The highest BCUT2D eigenvalue weighted by atomic mass is 16.6. The predicted octanol–water partition coefficient (Wildman–Crippen LogP) is -0.363. The summed E-state index contributed by atoms with van der Waals surface area (Å²) in [5.74, 6) is -2.55. The number of rotatable bonds is 4. The first-order valence-corrected chi connectivity index (χ1v) is 4.16. The molecule has 0 unspecified atom stereocenters. The molecule has 0 aromatic heterocycles. The number of cyclic esters (lactones) is 1. The van der Waals surface area contributed by atoms with Crippen LogP contribution in [-0.2, 0) is 14.3 Å². The van der Waals surface area contributed by atoms with Crippen molar-refractivity contribution in [3.63, 3.8) is 0 Å². The third kappa shape index (κ3) is 1.97. The first-order chi connectivity index (χ1) is 6.57. The Kier molecular flexibility index (Phi) is 3.32. The zero-order valence-electron chi connectivity index (χ0n) is 7.64. The van der Waals surface area contributed by atoms with Gasteiger partial charge in [-0.25, -0.2) is 4.79 Å². The summed E-state index contributed by atoms with van der Waals surface area (Å²) < 4.78 is 9.37. The average molecular weight is 204 g/mol. The van der Waals surface area contributed by atoms with Crippen molar-refractivity contribution in [2.75, 3.05) is 13.2 Å². The molecule has 2 atom stereocenters. The van der Waals surface area contributed by atoms with Crippen molar-refractivity contribution < 1.29 is 29.6 Å². The Balaban J connectivity index is 2.59. The van der Waals surface area contributed by atoms with Gasteiger partial charge < -0.3 is 24.8 Å². The highest BCUT2D eigenvalue weighted by Crippen LogP contribution is 2.21.